The van der Waals surface area contributed by atoms with Crippen LogP contribution in [-0.2, 0) is 4.79 Å². The second-order valence-corrected chi connectivity index (χ2v) is 7.45. The summed E-state index contributed by atoms with van der Waals surface area (Å²) in [6.45, 7) is 0. The third-order valence-electron chi connectivity index (χ3n) is 5.23. The van der Waals surface area contributed by atoms with Crippen LogP contribution in [0.25, 0.3) is 0 Å². The third kappa shape index (κ3) is 10.8. The summed E-state index contributed by atoms with van der Waals surface area (Å²) in [6.07, 6.45) is 21.4. The molecule has 0 aromatic carbocycles. The summed E-state index contributed by atoms with van der Waals surface area (Å²) in [4.78, 5) is 10.4. The molecule has 1 fully saturated rings. The van der Waals surface area contributed by atoms with Crippen molar-refractivity contribution in [1.82, 2.24) is 0 Å². The van der Waals surface area contributed by atoms with Crippen molar-refractivity contribution >= 4 is 17.6 Å². The molecule has 0 bridgehead atoms. The average molecular weight is 343 g/mol. The smallest absolute Gasteiger partial charge is 0.327 e. The molecule has 1 aliphatic carbocycles. The number of hydrogen-bond acceptors (Lipinski definition) is 1. The summed E-state index contributed by atoms with van der Waals surface area (Å²) >= 11 is 5.70. The molecule has 2 atom stereocenters. The van der Waals surface area contributed by atoms with Crippen LogP contribution in [0.1, 0.15) is 89.9 Å². The highest BCUT2D eigenvalue weighted by atomic mass is 35.5. The van der Waals surface area contributed by atoms with E-state index in [1.807, 2.05) is 0 Å². The molecule has 1 N–H and O–H groups in total. The Morgan fingerprint density at radius 2 is 1.48 bits per heavy atom. The third-order valence-corrected chi connectivity index (χ3v) is 5.50. The van der Waals surface area contributed by atoms with Gasteiger partial charge in [-0.15, -0.1) is 11.6 Å². The number of carboxylic acid groups (broad SMARTS) is 1. The molecule has 0 heterocycles. The van der Waals surface area contributed by atoms with Crippen molar-refractivity contribution in [3.05, 3.63) is 12.2 Å². The zero-order chi connectivity index (χ0) is 16.8. The molecule has 2 nitrogen and oxygen atoms in total. The maximum atomic E-state index is 10.4. The lowest BCUT2D eigenvalue weighted by Gasteiger charge is -2.19. The molecular formula is C20H35ClO2. The monoisotopic (exact) mass is 342 g/mol. The quantitative estimate of drug-likeness (QED) is 0.220. The van der Waals surface area contributed by atoms with Crippen LogP contribution in [0, 0.1) is 11.8 Å². The summed E-state index contributed by atoms with van der Waals surface area (Å²) in [5.74, 6) is 1.89. The van der Waals surface area contributed by atoms with Crippen molar-refractivity contribution in [2.24, 2.45) is 11.8 Å². The van der Waals surface area contributed by atoms with E-state index in [4.69, 9.17) is 16.7 Å². The topological polar surface area (TPSA) is 37.3 Å². The van der Waals surface area contributed by atoms with E-state index in [0.717, 1.165) is 30.6 Å². The van der Waals surface area contributed by atoms with Gasteiger partial charge in [-0.25, -0.2) is 4.79 Å². The minimum absolute atomic E-state index is 0.815. The average Bonchev–Trinajstić information content (AvgIpc) is 2.97. The first-order chi connectivity index (χ1) is 11.2. The first-order valence-electron chi connectivity index (χ1n) is 9.69. The number of carboxylic acids is 1. The van der Waals surface area contributed by atoms with Gasteiger partial charge in [-0.05, 0) is 31.1 Å². The van der Waals surface area contributed by atoms with Gasteiger partial charge in [0.05, 0.1) is 0 Å². The molecule has 0 aliphatic heterocycles. The molecule has 0 aromatic heterocycles. The van der Waals surface area contributed by atoms with Crippen molar-refractivity contribution in [2.75, 3.05) is 5.88 Å². The Hall–Kier alpha value is -0.500. The van der Waals surface area contributed by atoms with Crippen LogP contribution in [-0.4, -0.2) is 17.0 Å². The number of hydrogen-bond donors (Lipinski definition) is 1. The van der Waals surface area contributed by atoms with Gasteiger partial charge < -0.3 is 5.11 Å². The Morgan fingerprint density at radius 3 is 2.09 bits per heavy atom. The number of aliphatic carboxylic acids is 1. The van der Waals surface area contributed by atoms with Crippen LogP contribution < -0.4 is 0 Å². The zero-order valence-electron chi connectivity index (χ0n) is 14.6. The fourth-order valence-corrected chi connectivity index (χ4v) is 4.12. The van der Waals surface area contributed by atoms with Gasteiger partial charge in [-0.1, -0.05) is 76.7 Å². The lowest BCUT2D eigenvalue weighted by Crippen LogP contribution is -2.08. The molecule has 3 heteroatoms. The number of rotatable bonds is 14. The highest BCUT2D eigenvalue weighted by Crippen LogP contribution is 2.38. The Kier molecular flexibility index (Phi) is 12.4. The molecular weight excluding hydrogens is 308 g/mol. The standard InChI is InChI=1S/C20H35ClO2/c21-17-10-6-2-1-3-7-12-18-14-11-15-19(18)13-8-4-5-9-16-20(22)23/h9,16,18-19H,1-8,10-15,17H2,(H,22,23)/t18-,19-/m0/s1. The van der Waals surface area contributed by atoms with Gasteiger partial charge in [0.15, 0.2) is 0 Å². The van der Waals surface area contributed by atoms with Gasteiger partial charge in [0.25, 0.3) is 0 Å². The molecule has 23 heavy (non-hydrogen) atoms. The summed E-state index contributed by atoms with van der Waals surface area (Å²) in [6, 6.07) is 0. The predicted molar refractivity (Wildman–Crippen MR) is 99.1 cm³/mol. The molecule has 1 saturated carbocycles. The predicted octanol–water partition coefficient (Wildman–Crippen LogP) is 6.57. The van der Waals surface area contributed by atoms with Crippen molar-refractivity contribution in [3.63, 3.8) is 0 Å². The van der Waals surface area contributed by atoms with Crippen LogP contribution >= 0.6 is 11.6 Å². The maximum absolute atomic E-state index is 10.4. The van der Waals surface area contributed by atoms with Gasteiger partial charge >= 0.3 is 5.97 Å². The lowest BCUT2D eigenvalue weighted by atomic mass is 9.87. The molecule has 0 spiro atoms. The van der Waals surface area contributed by atoms with E-state index >= 15 is 0 Å². The van der Waals surface area contributed by atoms with Gasteiger partial charge in [0, 0.05) is 12.0 Å². The largest absolute Gasteiger partial charge is 0.478 e. The fourth-order valence-electron chi connectivity index (χ4n) is 3.93. The van der Waals surface area contributed by atoms with Gasteiger partial charge in [-0.3, -0.25) is 0 Å². The molecule has 0 unspecified atom stereocenters. The molecule has 134 valence electrons. The minimum Gasteiger partial charge on any atom is -0.478 e. The molecule has 0 saturated heterocycles. The molecule has 0 radical (unpaired) electrons. The summed E-state index contributed by atoms with van der Waals surface area (Å²) in [5.41, 5.74) is 0. The summed E-state index contributed by atoms with van der Waals surface area (Å²) < 4.78 is 0. The highest BCUT2D eigenvalue weighted by molar-refractivity contribution is 6.17. The Bertz CT molecular complexity index is 328. The van der Waals surface area contributed by atoms with Crippen molar-refractivity contribution in [1.29, 1.82) is 0 Å². The second-order valence-electron chi connectivity index (χ2n) is 7.08. The van der Waals surface area contributed by atoms with Crippen LogP contribution in [0.5, 0.6) is 0 Å². The van der Waals surface area contributed by atoms with Crippen LogP contribution in [0.15, 0.2) is 12.2 Å². The van der Waals surface area contributed by atoms with E-state index in [9.17, 15) is 4.79 Å². The Balaban J connectivity index is 2.01. The molecule has 1 aliphatic rings. The van der Waals surface area contributed by atoms with Crippen molar-refractivity contribution in [3.8, 4) is 0 Å². The van der Waals surface area contributed by atoms with E-state index in [2.05, 4.69) is 0 Å². The van der Waals surface area contributed by atoms with E-state index in [1.165, 1.54) is 83.1 Å². The number of unbranched alkanes of at least 4 members (excludes halogenated alkanes) is 7. The highest BCUT2D eigenvalue weighted by Gasteiger charge is 2.25. The Morgan fingerprint density at radius 1 is 0.913 bits per heavy atom. The minimum atomic E-state index is -0.830. The van der Waals surface area contributed by atoms with E-state index in [1.54, 1.807) is 6.08 Å². The SMILES string of the molecule is O=C(O)C=CCCCC[C@H]1CCC[C@@H]1CCCCCCCCCl. The first-order valence-corrected chi connectivity index (χ1v) is 10.2. The zero-order valence-corrected chi connectivity index (χ0v) is 15.4. The van der Waals surface area contributed by atoms with Crippen LogP contribution in [0.2, 0.25) is 0 Å². The summed E-state index contributed by atoms with van der Waals surface area (Å²) in [7, 11) is 0. The number of allylic oxidation sites excluding steroid dienone is 1. The lowest BCUT2D eigenvalue weighted by molar-refractivity contribution is -0.131. The number of halogens is 1. The molecule has 0 amide bonds. The van der Waals surface area contributed by atoms with Gasteiger partial charge in [-0.2, -0.15) is 0 Å². The normalized spacial score (nSPS) is 21.3. The van der Waals surface area contributed by atoms with Gasteiger partial charge in [0.2, 0.25) is 0 Å². The first kappa shape index (κ1) is 20.5. The second kappa shape index (κ2) is 13.9. The van der Waals surface area contributed by atoms with E-state index in [0.29, 0.717) is 0 Å². The van der Waals surface area contributed by atoms with E-state index < -0.39 is 5.97 Å². The number of carbonyl (C=O) groups is 1. The van der Waals surface area contributed by atoms with Gasteiger partial charge in [0.1, 0.15) is 0 Å². The van der Waals surface area contributed by atoms with Crippen LogP contribution in [0.3, 0.4) is 0 Å². The Labute approximate surface area is 147 Å². The van der Waals surface area contributed by atoms with Crippen molar-refractivity contribution in [2.45, 2.75) is 89.9 Å². The summed E-state index contributed by atoms with van der Waals surface area (Å²) in [5, 5.41) is 8.55. The van der Waals surface area contributed by atoms with Crippen LogP contribution in [0.4, 0.5) is 0 Å². The fraction of sp³-hybridized carbons (Fsp3) is 0.850. The van der Waals surface area contributed by atoms with E-state index in [-0.39, 0.29) is 0 Å². The van der Waals surface area contributed by atoms with Crippen molar-refractivity contribution < 1.29 is 9.90 Å². The maximum Gasteiger partial charge on any atom is 0.327 e. The number of alkyl halides is 1. The molecule has 0 aromatic rings. The molecule has 1 rings (SSSR count).